The number of aromatic carboxylic acids is 1. The lowest BCUT2D eigenvalue weighted by atomic mass is 10.2. The van der Waals surface area contributed by atoms with Crippen LogP contribution in [-0.2, 0) is 14.8 Å². The molecule has 1 aromatic carbocycles. The minimum absolute atomic E-state index is 0.0526. The molecule has 0 radical (unpaired) electrons. The minimum atomic E-state index is -4.06. The molecular formula is C12H16N2O6S. The molecular weight excluding hydrogens is 300 g/mol. The Morgan fingerprint density at radius 1 is 1.48 bits per heavy atom. The summed E-state index contributed by atoms with van der Waals surface area (Å²) in [5.74, 6) is -1.38. The second-order valence-electron chi connectivity index (χ2n) is 4.59. The molecule has 21 heavy (non-hydrogen) atoms. The first kappa shape index (κ1) is 15.7. The van der Waals surface area contributed by atoms with E-state index in [4.69, 9.17) is 15.6 Å². The third-order valence-electron chi connectivity index (χ3n) is 3.20. The number of carboxylic acids is 1. The van der Waals surface area contributed by atoms with Gasteiger partial charge >= 0.3 is 5.97 Å². The summed E-state index contributed by atoms with van der Waals surface area (Å²) in [6.45, 7) is -0.103. The largest absolute Gasteiger partial charge is 0.478 e. The Bertz CT molecular complexity index is 645. The van der Waals surface area contributed by atoms with E-state index >= 15 is 0 Å². The van der Waals surface area contributed by atoms with Gasteiger partial charge in [0.1, 0.15) is 0 Å². The molecule has 0 aliphatic carbocycles. The number of hydrogen-bond donors (Lipinski definition) is 3. The number of benzene rings is 1. The summed E-state index contributed by atoms with van der Waals surface area (Å²) in [6, 6.07) is 2.86. The molecule has 1 unspecified atom stereocenters. The number of aliphatic hydroxyl groups is 1. The molecule has 0 amide bonds. The van der Waals surface area contributed by atoms with Crippen molar-refractivity contribution in [1.82, 2.24) is 4.31 Å². The van der Waals surface area contributed by atoms with E-state index in [0.29, 0.717) is 0 Å². The Morgan fingerprint density at radius 3 is 2.81 bits per heavy atom. The number of hydrogen-bond acceptors (Lipinski definition) is 6. The molecule has 1 atom stereocenters. The quantitative estimate of drug-likeness (QED) is 0.629. The van der Waals surface area contributed by atoms with Crippen LogP contribution >= 0.6 is 0 Å². The fourth-order valence-corrected chi connectivity index (χ4v) is 3.92. The molecule has 1 saturated heterocycles. The van der Waals surface area contributed by atoms with Gasteiger partial charge in [-0.25, -0.2) is 13.2 Å². The number of nitrogen functional groups attached to an aromatic ring is 1. The number of ether oxygens (including phenoxy) is 1. The first-order chi connectivity index (χ1) is 9.87. The molecule has 1 aliphatic heterocycles. The van der Waals surface area contributed by atoms with Gasteiger partial charge in [0.15, 0.2) is 0 Å². The third-order valence-corrected chi connectivity index (χ3v) is 5.21. The molecule has 116 valence electrons. The van der Waals surface area contributed by atoms with E-state index in [2.05, 4.69) is 0 Å². The molecule has 2 rings (SSSR count). The summed E-state index contributed by atoms with van der Waals surface area (Å²) in [7, 11) is -4.06. The molecule has 4 N–H and O–H groups in total. The molecule has 1 heterocycles. The van der Waals surface area contributed by atoms with Crippen molar-refractivity contribution in [2.75, 3.05) is 32.1 Å². The molecule has 1 aliphatic rings. The SMILES string of the molecule is Nc1ccc(S(=O)(=O)N2CCOCC2CO)c(C(=O)O)c1. The molecule has 1 aromatic rings. The van der Waals surface area contributed by atoms with E-state index in [0.717, 1.165) is 16.4 Å². The summed E-state index contributed by atoms with van der Waals surface area (Å²) in [5, 5.41) is 18.4. The Morgan fingerprint density at radius 2 is 2.19 bits per heavy atom. The van der Waals surface area contributed by atoms with Crippen molar-refractivity contribution >= 4 is 21.7 Å². The van der Waals surface area contributed by atoms with Crippen LogP contribution in [0.15, 0.2) is 23.1 Å². The van der Waals surface area contributed by atoms with Gasteiger partial charge in [-0.3, -0.25) is 0 Å². The molecule has 0 saturated carbocycles. The topological polar surface area (TPSA) is 130 Å². The summed E-state index contributed by atoms with van der Waals surface area (Å²) in [6.07, 6.45) is 0. The average molecular weight is 316 g/mol. The van der Waals surface area contributed by atoms with E-state index in [1.54, 1.807) is 0 Å². The van der Waals surface area contributed by atoms with Crippen molar-refractivity contribution in [1.29, 1.82) is 0 Å². The molecule has 0 aromatic heterocycles. The van der Waals surface area contributed by atoms with Gasteiger partial charge in [-0.05, 0) is 18.2 Å². The maximum atomic E-state index is 12.6. The lowest BCUT2D eigenvalue weighted by Gasteiger charge is -2.33. The highest BCUT2D eigenvalue weighted by Crippen LogP contribution is 2.25. The van der Waals surface area contributed by atoms with Gasteiger partial charge in [0, 0.05) is 12.2 Å². The van der Waals surface area contributed by atoms with Gasteiger partial charge in [0.25, 0.3) is 0 Å². The zero-order valence-electron chi connectivity index (χ0n) is 11.1. The zero-order chi connectivity index (χ0) is 15.6. The van der Waals surface area contributed by atoms with Gasteiger partial charge in [-0.2, -0.15) is 4.31 Å². The summed E-state index contributed by atoms with van der Waals surface area (Å²) in [4.78, 5) is 10.9. The smallest absolute Gasteiger partial charge is 0.337 e. The number of carboxylic acid groups (broad SMARTS) is 1. The van der Waals surface area contributed by atoms with Gasteiger partial charge in [0.05, 0.1) is 36.3 Å². The van der Waals surface area contributed by atoms with Crippen LogP contribution in [-0.4, -0.2) is 61.3 Å². The monoisotopic (exact) mass is 316 g/mol. The van der Waals surface area contributed by atoms with Crippen molar-refractivity contribution in [2.45, 2.75) is 10.9 Å². The Balaban J connectivity index is 2.51. The van der Waals surface area contributed by atoms with E-state index in [1.807, 2.05) is 0 Å². The van der Waals surface area contributed by atoms with E-state index < -0.39 is 34.2 Å². The van der Waals surface area contributed by atoms with E-state index in [-0.39, 0.29) is 30.3 Å². The molecule has 8 nitrogen and oxygen atoms in total. The zero-order valence-corrected chi connectivity index (χ0v) is 11.9. The summed E-state index contributed by atoms with van der Waals surface area (Å²) in [5.41, 5.74) is 5.28. The molecule has 1 fully saturated rings. The first-order valence-electron chi connectivity index (χ1n) is 6.21. The van der Waals surface area contributed by atoms with Crippen molar-refractivity contribution in [3.8, 4) is 0 Å². The highest BCUT2D eigenvalue weighted by molar-refractivity contribution is 7.89. The third kappa shape index (κ3) is 3.00. The fraction of sp³-hybridized carbons (Fsp3) is 0.417. The Hall–Kier alpha value is -1.68. The molecule has 0 spiro atoms. The van der Waals surface area contributed by atoms with Gasteiger partial charge in [-0.15, -0.1) is 0 Å². The second kappa shape index (κ2) is 5.98. The minimum Gasteiger partial charge on any atom is -0.478 e. The van der Waals surface area contributed by atoms with Crippen LogP contribution in [0.1, 0.15) is 10.4 Å². The van der Waals surface area contributed by atoms with Gasteiger partial charge in [-0.1, -0.05) is 0 Å². The van der Waals surface area contributed by atoms with Crippen LogP contribution < -0.4 is 5.73 Å². The van der Waals surface area contributed by atoms with Crippen LogP contribution in [0, 0.1) is 0 Å². The first-order valence-corrected chi connectivity index (χ1v) is 7.65. The lowest BCUT2D eigenvalue weighted by molar-refractivity contribution is 0.0109. The molecule has 9 heteroatoms. The predicted molar refractivity (Wildman–Crippen MR) is 73.4 cm³/mol. The number of aliphatic hydroxyl groups excluding tert-OH is 1. The number of sulfonamides is 1. The van der Waals surface area contributed by atoms with Crippen LogP contribution in [0.4, 0.5) is 5.69 Å². The van der Waals surface area contributed by atoms with Crippen molar-refractivity contribution in [2.24, 2.45) is 0 Å². The van der Waals surface area contributed by atoms with Crippen LogP contribution in [0.3, 0.4) is 0 Å². The van der Waals surface area contributed by atoms with Crippen LogP contribution in [0.25, 0.3) is 0 Å². The maximum absolute atomic E-state index is 12.6. The van der Waals surface area contributed by atoms with E-state index in [9.17, 15) is 18.3 Å². The Kier molecular flexibility index (Phi) is 4.47. The number of nitrogens with zero attached hydrogens (tertiary/aromatic N) is 1. The maximum Gasteiger partial charge on any atom is 0.337 e. The predicted octanol–water partition coefficient (Wildman–Crippen LogP) is -0.651. The van der Waals surface area contributed by atoms with Crippen LogP contribution in [0.2, 0.25) is 0 Å². The Labute approximate surface area is 121 Å². The number of morpholine rings is 1. The van der Waals surface area contributed by atoms with Gasteiger partial charge < -0.3 is 20.7 Å². The number of nitrogens with two attached hydrogens (primary N) is 1. The number of rotatable bonds is 4. The standard InChI is InChI=1S/C12H16N2O6S/c13-8-1-2-11(10(5-8)12(16)17)21(18,19)14-3-4-20-7-9(14)6-15/h1-2,5,9,15H,3-4,6-7,13H2,(H,16,17). The van der Waals surface area contributed by atoms with E-state index in [1.165, 1.54) is 6.07 Å². The summed E-state index contributed by atoms with van der Waals surface area (Å²) < 4.78 is 31.5. The average Bonchev–Trinajstić information content (AvgIpc) is 2.46. The molecule has 0 bridgehead atoms. The van der Waals surface area contributed by atoms with Crippen molar-refractivity contribution in [3.05, 3.63) is 23.8 Å². The summed E-state index contributed by atoms with van der Waals surface area (Å²) >= 11 is 0. The number of anilines is 1. The number of carbonyl (C=O) groups is 1. The fourth-order valence-electron chi connectivity index (χ4n) is 2.17. The van der Waals surface area contributed by atoms with Crippen molar-refractivity contribution in [3.63, 3.8) is 0 Å². The highest BCUT2D eigenvalue weighted by Gasteiger charge is 2.36. The van der Waals surface area contributed by atoms with Crippen molar-refractivity contribution < 1.29 is 28.2 Å². The second-order valence-corrected chi connectivity index (χ2v) is 6.45. The normalized spacial score (nSPS) is 20.3. The van der Waals surface area contributed by atoms with Crippen LogP contribution in [0.5, 0.6) is 0 Å². The highest BCUT2D eigenvalue weighted by atomic mass is 32.2. The van der Waals surface area contributed by atoms with Gasteiger partial charge in [0.2, 0.25) is 10.0 Å². The lowest BCUT2D eigenvalue weighted by Crippen LogP contribution is -2.50.